The Morgan fingerprint density at radius 1 is 1.10 bits per heavy atom. The molecular weight excluding hydrogens is 250 g/mol. The van der Waals surface area contributed by atoms with E-state index in [2.05, 4.69) is 36.1 Å². The zero-order valence-corrected chi connectivity index (χ0v) is 11.8. The molecule has 0 saturated heterocycles. The van der Waals surface area contributed by atoms with Gasteiger partial charge in [0, 0.05) is 19.3 Å². The fourth-order valence-corrected chi connectivity index (χ4v) is 2.20. The third-order valence-electron chi connectivity index (χ3n) is 3.44. The van der Waals surface area contributed by atoms with Gasteiger partial charge in [0.1, 0.15) is 0 Å². The smallest absolute Gasteiger partial charge is 0.336 e. The first-order valence-electron chi connectivity index (χ1n) is 6.73. The molecule has 0 aliphatic rings. The first-order chi connectivity index (χ1) is 9.61. The molecule has 0 amide bonds. The van der Waals surface area contributed by atoms with E-state index in [9.17, 15) is 9.90 Å². The van der Waals surface area contributed by atoms with Crippen molar-refractivity contribution in [3.05, 3.63) is 65.2 Å². The molecule has 0 fully saturated rings. The molecule has 2 aromatic carbocycles. The van der Waals surface area contributed by atoms with Crippen molar-refractivity contribution in [3.8, 4) is 0 Å². The summed E-state index contributed by atoms with van der Waals surface area (Å²) >= 11 is 0. The Hall–Kier alpha value is -2.29. The fourth-order valence-electron chi connectivity index (χ4n) is 2.20. The predicted octanol–water partition coefficient (Wildman–Crippen LogP) is 3.58. The van der Waals surface area contributed by atoms with Crippen molar-refractivity contribution < 1.29 is 9.90 Å². The molecule has 0 bridgehead atoms. The molecule has 20 heavy (non-hydrogen) atoms. The number of carbonyl (C=O) groups is 1. The maximum absolute atomic E-state index is 11.2. The van der Waals surface area contributed by atoms with Gasteiger partial charge in [-0.25, -0.2) is 4.79 Å². The molecule has 0 saturated carbocycles. The molecule has 1 N–H and O–H groups in total. The molecule has 3 nitrogen and oxygen atoms in total. The van der Waals surface area contributed by atoms with Gasteiger partial charge in [-0.1, -0.05) is 37.3 Å². The normalized spacial score (nSPS) is 10.3. The number of carboxylic acid groups (broad SMARTS) is 1. The highest BCUT2D eigenvalue weighted by atomic mass is 16.4. The second kappa shape index (κ2) is 6.24. The van der Waals surface area contributed by atoms with Crippen LogP contribution in [0.4, 0.5) is 5.69 Å². The lowest BCUT2D eigenvalue weighted by Crippen LogP contribution is -2.18. The first kappa shape index (κ1) is 14.1. The number of rotatable bonds is 5. The van der Waals surface area contributed by atoms with Crippen LogP contribution in [0.2, 0.25) is 0 Å². The summed E-state index contributed by atoms with van der Waals surface area (Å²) in [6.07, 6.45) is 1.02. The highest BCUT2D eigenvalue weighted by molar-refractivity contribution is 5.89. The molecule has 0 atom stereocenters. The minimum Gasteiger partial charge on any atom is -0.478 e. The van der Waals surface area contributed by atoms with E-state index in [-0.39, 0.29) is 0 Å². The molecule has 2 rings (SSSR count). The summed E-state index contributed by atoms with van der Waals surface area (Å²) in [5.74, 6) is -0.879. The summed E-state index contributed by atoms with van der Waals surface area (Å²) in [6.45, 7) is 2.70. The van der Waals surface area contributed by atoms with Gasteiger partial charge in [0.05, 0.1) is 5.56 Å². The number of nitrogens with zero attached hydrogens (tertiary/aromatic N) is 1. The molecule has 0 unspecified atom stereocenters. The lowest BCUT2D eigenvalue weighted by molar-refractivity contribution is 0.0695. The van der Waals surface area contributed by atoms with Crippen molar-refractivity contribution in [1.29, 1.82) is 0 Å². The van der Waals surface area contributed by atoms with Crippen LogP contribution in [0.1, 0.15) is 28.4 Å². The van der Waals surface area contributed by atoms with Crippen LogP contribution in [-0.4, -0.2) is 18.1 Å². The molecule has 0 spiro atoms. The third-order valence-corrected chi connectivity index (χ3v) is 3.44. The van der Waals surface area contributed by atoms with Gasteiger partial charge in [-0.3, -0.25) is 0 Å². The van der Waals surface area contributed by atoms with E-state index in [0.29, 0.717) is 12.1 Å². The van der Waals surface area contributed by atoms with E-state index < -0.39 is 5.97 Å². The molecule has 0 aliphatic carbocycles. The summed E-state index contributed by atoms with van der Waals surface area (Å²) in [5, 5.41) is 9.20. The van der Waals surface area contributed by atoms with Gasteiger partial charge >= 0.3 is 5.97 Å². The van der Waals surface area contributed by atoms with Gasteiger partial charge in [-0.05, 0) is 35.7 Å². The number of anilines is 1. The van der Waals surface area contributed by atoms with Crippen molar-refractivity contribution in [1.82, 2.24) is 0 Å². The Kier molecular flexibility index (Phi) is 4.41. The summed E-state index contributed by atoms with van der Waals surface area (Å²) in [5.41, 5.74) is 3.57. The fraction of sp³-hybridized carbons (Fsp3) is 0.235. The largest absolute Gasteiger partial charge is 0.478 e. The van der Waals surface area contributed by atoms with Gasteiger partial charge in [0.2, 0.25) is 0 Å². The van der Waals surface area contributed by atoms with Crippen LogP contribution in [0.15, 0.2) is 48.5 Å². The van der Waals surface area contributed by atoms with E-state index in [1.807, 2.05) is 19.2 Å². The van der Waals surface area contributed by atoms with Gasteiger partial charge in [-0.15, -0.1) is 0 Å². The second-order valence-electron chi connectivity index (χ2n) is 4.84. The molecule has 0 aromatic heterocycles. The van der Waals surface area contributed by atoms with Crippen LogP contribution in [-0.2, 0) is 13.0 Å². The molecule has 3 heteroatoms. The molecule has 0 heterocycles. The van der Waals surface area contributed by atoms with Crippen LogP contribution in [0.25, 0.3) is 0 Å². The SMILES string of the molecule is CCc1ccc(N(C)Cc2ccccc2C(=O)O)cc1. The quantitative estimate of drug-likeness (QED) is 0.902. The standard InChI is InChI=1S/C17H19NO2/c1-3-13-8-10-15(11-9-13)18(2)12-14-6-4-5-7-16(14)17(19)20/h4-11H,3,12H2,1-2H3,(H,19,20). The molecule has 0 radical (unpaired) electrons. The van der Waals surface area contributed by atoms with Gasteiger partial charge in [0.15, 0.2) is 0 Å². The van der Waals surface area contributed by atoms with E-state index in [1.54, 1.807) is 12.1 Å². The van der Waals surface area contributed by atoms with Crippen LogP contribution >= 0.6 is 0 Å². The Balaban J connectivity index is 2.18. The zero-order chi connectivity index (χ0) is 14.5. The topological polar surface area (TPSA) is 40.5 Å². The number of hydrogen-bond acceptors (Lipinski definition) is 2. The Bertz CT molecular complexity index is 590. The average molecular weight is 269 g/mol. The summed E-state index contributed by atoms with van der Waals surface area (Å²) in [4.78, 5) is 13.3. The highest BCUT2D eigenvalue weighted by Crippen LogP contribution is 2.18. The van der Waals surface area contributed by atoms with E-state index in [4.69, 9.17) is 0 Å². The van der Waals surface area contributed by atoms with Crippen LogP contribution in [0.3, 0.4) is 0 Å². The van der Waals surface area contributed by atoms with E-state index in [0.717, 1.165) is 17.7 Å². The van der Waals surface area contributed by atoms with Gasteiger partial charge in [0.25, 0.3) is 0 Å². The van der Waals surface area contributed by atoms with Gasteiger partial charge in [-0.2, -0.15) is 0 Å². The van der Waals surface area contributed by atoms with Crippen LogP contribution in [0, 0.1) is 0 Å². The maximum atomic E-state index is 11.2. The average Bonchev–Trinajstić information content (AvgIpc) is 2.47. The van der Waals surface area contributed by atoms with Crippen LogP contribution in [0.5, 0.6) is 0 Å². The molecular formula is C17H19NO2. The number of hydrogen-bond donors (Lipinski definition) is 1. The monoisotopic (exact) mass is 269 g/mol. The van der Waals surface area contributed by atoms with E-state index >= 15 is 0 Å². The molecule has 0 aliphatic heterocycles. The van der Waals surface area contributed by atoms with Crippen molar-refractivity contribution in [2.75, 3.05) is 11.9 Å². The molecule has 2 aromatic rings. The zero-order valence-electron chi connectivity index (χ0n) is 11.8. The minimum atomic E-state index is -0.879. The third kappa shape index (κ3) is 3.18. The minimum absolute atomic E-state index is 0.365. The summed E-state index contributed by atoms with van der Waals surface area (Å²) < 4.78 is 0. The van der Waals surface area contributed by atoms with Crippen molar-refractivity contribution in [2.24, 2.45) is 0 Å². The van der Waals surface area contributed by atoms with Crippen molar-refractivity contribution in [3.63, 3.8) is 0 Å². The Morgan fingerprint density at radius 2 is 1.75 bits per heavy atom. The lowest BCUT2D eigenvalue weighted by Gasteiger charge is -2.20. The van der Waals surface area contributed by atoms with Gasteiger partial charge < -0.3 is 10.0 Å². The maximum Gasteiger partial charge on any atom is 0.336 e. The Morgan fingerprint density at radius 3 is 2.35 bits per heavy atom. The highest BCUT2D eigenvalue weighted by Gasteiger charge is 2.11. The molecule has 104 valence electrons. The number of aromatic carboxylic acids is 1. The second-order valence-corrected chi connectivity index (χ2v) is 4.84. The Labute approximate surface area is 119 Å². The van der Waals surface area contributed by atoms with Crippen molar-refractivity contribution >= 4 is 11.7 Å². The summed E-state index contributed by atoms with van der Waals surface area (Å²) in [7, 11) is 1.97. The number of benzene rings is 2. The predicted molar refractivity (Wildman–Crippen MR) is 81.3 cm³/mol. The number of carboxylic acids is 1. The summed E-state index contributed by atoms with van der Waals surface area (Å²) in [6, 6.07) is 15.5. The van der Waals surface area contributed by atoms with Crippen molar-refractivity contribution in [2.45, 2.75) is 19.9 Å². The lowest BCUT2D eigenvalue weighted by atomic mass is 10.1. The first-order valence-corrected chi connectivity index (χ1v) is 6.73. The van der Waals surface area contributed by atoms with E-state index in [1.165, 1.54) is 5.56 Å². The number of aryl methyl sites for hydroxylation is 1. The van der Waals surface area contributed by atoms with Crippen LogP contribution < -0.4 is 4.90 Å².